The predicted octanol–water partition coefficient (Wildman–Crippen LogP) is 4.29. The minimum absolute atomic E-state index is 0.191. The van der Waals surface area contributed by atoms with Gasteiger partial charge in [0, 0.05) is 19.8 Å². The van der Waals surface area contributed by atoms with E-state index in [4.69, 9.17) is 16.6 Å². The number of nitrogens with zero attached hydrogens (tertiary/aromatic N) is 2. The highest BCUT2D eigenvalue weighted by atomic mass is 32.2. The number of para-hydroxylation sites is 1. The first-order valence-corrected chi connectivity index (χ1v) is 12.0. The van der Waals surface area contributed by atoms with E-state index in [2.05, 4.69) is 15.6 Å². The maximum absolute atomic E-state index is 12.3. The van der Waals surface area contributed by atoms with Gasteiger partial charge >= 0.3 is 0 Å². The van der Waals surface area contributed by atoms with Crippen LogP contribution in [0.4, 0.5) is 5.69 Å². The van der Waals surface area contributed by atoms with Crippen molar-refractivity contribution in [1.82, 2.24) is 14.6 Å². The normalized spacial score (nSPS) is 11.7. The largest absolute Gasteiger partial charge is 0.457 e. The fraction of sp³-hybridized carbons (Fsp3) is 0.143. The Balaban J connectivity index is 1.39. The standard InChI is InChI=1S/C21H20N4O3S3/c1-25(2)31(26,27)16-7-5-6-14(12-16)23-21(29)22-13-15-10-11-18(28-15)20-24-17-8-3-4-9-19(17)30-20/h3-12H,13H2,1-2H3,(H2,22,23,29). The van der Waals surface area contributed by atoms with E-state index in [9.17, 15) is 8.42 Å². The van der Waals surface area contributed by atoms with Crippen molar-refractivity contribution in [3.63, 3.8) is 0 Å². The lowest BCUT2D eigenvalue weighted by Gasteiger charge is -2.13. The van der Waals surface area contributed by atoms with E-state index in [1.54, 1.807) is 35.6 Å². The van der Waals surface area contributed by atoms with Crippen LogP contribution in [0.1, 0.15) is 5.76 Å². The molecule has 0 radical (unpaired) electrons. The summed E-state index contributed by atoms with van der Waals surface area (Å²) < 4.78 is 32.8. The van der Waals surface area contributed by atoms with Gasteiger partial charge in [-0.2, -0.15) is 0 Å². The molecular weight excluding hydrogens is 452 g/mol. The molecule has 0 saturated carbocycles. The summed E-state index contributed by atoms with van der Waals surface area (Å²) in [5.41, 5.74) is 1.53. The number of fused-ring (bicyclic) bond motifs is 1. The van der Waals surface area contributed by atoms with E-state index in [1.165, 1.54) is 18.4 Å². The molecule has 0 amide bonds. The molecule has 0 unspecified atom stereocenters. The first kappa shape index (κ1) is 21.4. The van der Waals surface area contributed by atoms with Gasteiger partial charge < -0.3 is 15.1 Å². The highest BCUT2D eigenvalue weighted by Gasteiger charge is 2.17. The maximum atomic E-state index is 12.3. The van der Waals surface area contributed by atoms with Gasteiger partial charge in [-0.1, -0.05) is 18.2 Å². The van der Waals surface area contributed by atoms with Gasteiger partial charge in [-0.25, -0.2) is 17.7 Å². The Morgan fingerprint density at radius 3 is 2.71 bits per heavy atom. The molecule has 2 heterocycles. The molecule has 0 bridgehead atoms. The average Bonchev–Trinajstić information content (AvgIpc) is 3.39. The molecule has 0 fully saturated rings. The van der Waals surface area contributed by atoms with E-state index in [0.717, 1.165) is 15.2 Å². The van der Waals surface area contributed by atoms with Crippen molar-refractivity contribution in [2.45, 2.75) is 11.4 Å². The molecule has 4 aromatic rings. The minimum atomic E-state index is -3.51. The molecule has 0 aliphatic carbocycles. The molecule has 0 atom stereocenters. The summed E-state index contributed by atoms with van der Waals surface area (Å²) in [5, 5.41) is 7.26. The van der Waals surface area contributed by atoms with Crippen LogP contribution >= 0.6 is 23.6 Å². The van der Waals surface area contributed by atoms with Crippen molar-refractivity contribution in [3.05, 3.63) is 66.4 Å². The molecule has 0 aliphatic rings. The number of aromatic nitrogens is 1. The molecular formula is C21H20N4O3S3. The topological polar surface area (TPSA) is 87.5 Å². The van der Waals surface area contributed by atoms with Crippen LogP contribution in [-0.2, 0) is 16.6 Å². The summed E-state index contributed by atoms with van der Waals surface area (Å²) in [4.78, 5) is 4.79. The van der Waals surface area contributed by atoms with Gasteiger partial charge in [0.25, 0.3) is 0 Å². The monoisotopic (exact) mass is 472 g/mol. The van der Waals surface area contributed by atoms with E-state index >= 15 is 0 Å². The number of hydrogen-bond acceptors (Lipinski definition) is 6. The van der Waals surface area contributed by atoms with Crippen molar-refractivity contribution < 1.29 is 12.8 Å². The average molecular weight is 473 g/mol. The number of benzene rings is 2. The second-order valence-electron chi connectivity index (χ2n) is 6.88. The Hall–Kier alpha value is -2.79. The van der Waals surface area contributed by atoms with Gasteiger partial charge in [0.15, 0.2) is 15.9 Å². The number of thiocarbonyl (C=S) groups is 1. The van der Waals surface area contributed by atoms with Crippen LogP contribution in [-0.4, -0.2) is 36.9 Å². The first-order valence-electron chi connectivity index (χ1n) is 9.35. The summed E-state index contributed by atoms with van der Waals surface area (Å²) in [5.74, 6) is 1.42. The van der Waals surface area contributed by atoms with Crippen molar-refractivity contribution >= 4 is 54.6 Å². The van der Waals surface area contributed by atoms with Crippen LogP contribution in [0.15, 0.2) is 70.0 Å². The number of furan rings is 1. The van der Waals surface area contributed by atoms with E-state index in [1.807, 2.05) is 36.4 Å². The number of thiazole rings is 1. The molecule has 0 aliphatic heterocycles. The third-order valence-electron chi connectivity index (χ3n) is 4.46. The summed E-state index contributed by atoms with van der Waals surface area (Å²) in [7, 11) is -0.527. The lowest BCUT2D eigenvalue weighted by Crippen LogP contribution is -2.28. The Morgan fingerprint density at radius 2 is 1.94 bits per heavy atom. The van der Waals surface area contributed by atoms with Crippen molar-refractivity contribution in [2.75, 3.05) is 19.4 Å². The highest BCUT2D eigenvalue weighted by Crippen LogP contribution is 2.31. The number of hydrogen-bond donors (Lipinski definition) is 2. The molecule has 0 spiro atoms. The number of sulfonamides is 1. The lowest BCUT2D eigenvalue weighted by molar-refractivity contribution is 0.516. The predicted molar refractivity (Wildman–Crippen MR) is 128 cm³/mol. The number of anilines is 1. The molecule has 160 valence electrons. The third-order valence-corrected chi connectivity index (χ3v) is 7.57. The molecule has 10 heteroatoms. The Morgan fingerprint density at radius 1 is 1.13 bits per heavy atom. The van der Waals surface area contributed by atoms with Crippen LogP contribution in [0.3, 0.4) is 0 Å². The number of nitrogens with one attached hydrogen (secondary N) is 2. The van der Waals surface area contributed by atoms with Gasteiger partial charge in [-0.15, -0.1) is 11.3 Å². The van der Waals surface area contributed by atoms with Gasteiger partial charge in [-0.3, -0.25) is 0 Å². The fourth-order valence-electron chi connectivity index (χ4n) is 2.85. The molecule has 7 nitrogen and oxygen atoms in total. The van der Waals surface area contributed by atoms with Gasteiger partial charge in [0.1, 0.15) is 5.76 Å². The second-order valence-corrected chi connectivity index (χ2v) is 10.5. The summed E-state index contributed by atoms with van der Waals surface area (Å²) in [6.07, 6.45) is 0. The lowest BCUT2D eigenvalue weighted by atomic mass is 10.3. The molecule has 2 aromatic heterocycles. The van der Waals surface area contributed by atoms with Crippen LogP contribution < -0.4 is 10.6 Å². The van der Waals surface area contributed by atoms with E-state index in [-0.39, 0.29) is 4.90 Å². The Labute approximate surface area is 189 Å². The second kappa shape index (κ2) is 8.75. The zero-order chi connectivity index (χ0) is 22.0. The Kier molecular flexibility index (Phi) is 6.05. The third kappa shape index (κ3) is 4.77. The maximum Gasteiger partial charge on any atom is 0.242 e. The van der Waals surface area contributed by atoms with Crippen LogP contribution in [0, 0.1) is 0 Å². The van der Waals surface area contributed by atoms with Crippen molar-refractivity contribution in [1.29, 1.82) is 0 Å². The van der Waals surface area contributed by atoms with Gasteiger partial charge in [0.2, 0.25) is 10.0 Å². The summed E-state index contributed by atoms with van der Waals surface area (Å²) in [6.45, 7) is 0.381. The fourth-order valence-corrected chi connectivity index (χ4v) is 4.92. The Bertz CT molecular complexity index is 1310. The van der Waals surface area contributed by atoms with Crippen molar-refractivity contribution in [3.8, 4) is 10.8 Å². The summed E-state index contributed by atoms with van der Waals surface area (Å²) >= 11 is 6.91. The molecule has 2 aromatic carbocycles. The van der Waals surface area contributed by atoms with Crippen molar-refractivity contribution in [2.24, 2.45) is 0 Å². The quantitative estimate of drug-likeness (QED) is 0.405. The zero-order valence-electron chi connectivity index (χ0n) is 16.8. The van der Waals surface area contributed by atoms with E-state index < -0.39 is 10.0 Å². The smallest absolute Gasteiger partial charge is 0.242 e. The minimum Gasteiger partial charge on any atom is -0.457 e. The van der Waals surface area contributed by atoms with Crippen LogP contribution in [0.5, 0.6) is 0 Å². The van der Waals surface area contributed by atoms with Gasteiger partial charge in [-0.05, 0) is 54.7 Å². The zero-order valence-corrected chi connectivity index (χ0v) is 19.3. The highest BCUT2D eigenvalue weighted by molar-refractivity contribution is 7.89. The van der Waals surface area contributed by atoms with E-state index in [0.29, 0.717) is 28.9 Å². The van der Waals surface area contributed by atoms with Crippen LogP contribution in [0.25, 0.3) is 21.0 Å². The molecule has 2 N–H and O–H groups in total. The molecule has 31 heavy (non-hydrogen) atoms. The molecule has 4 rings (SSSR count). The number of rotatable bonds is 6. The first-order chi connectivity index (χ1) is 14.8. The SMILES string of the molecule is CN(C)S(=O)(=O)c1cccc(NC(=S)NCc2ccc(-c3nc4ccccc4s3)o2)c1. The van der Waals surface area contributed by atoms with Crippen LogP contribution in [0.2, 0.25) is 0 Å². The summed E-state index contributed by atoms with van der Waals surface area (Å²) in [6, 6.07) is 18.2. The molecule has 0 saturated heterocycles. The van der Waals surface area contributed by atoms with Gasteiger partial charge in [0.05, 0.1) is 21.7 Å².